The second-order valence-electron chi connectivity index (χ2n) is 7.07. The van der Waals surface area contributed by atoms with Crippen molar-refractivity contribution >= 4 is 29.9 Å². The molecule has 2 amide bonds. The van der Waals surface area contributed by atoms with E-state index < -0.39 is 17.6 Å². The highest BCUT2D eigenvalue weighted by molar-refractivity contribution is 6.00. The lowest BCUT2D eigenvalue weighted by Crippen LogP contribution is -2.50. The van der Waals surface area contributed by atoms with Gasteiger partial charge in [0.2, 0.25) is 11.8 Å². The third-order valence-electron chi connectivity index (χ3n) is 5.23. The summed E-state index contributed by atoms with van der Waals surface area (Å²) >= 11 is 0. The van der Waals surface area contributed by atoms with Crippen molar-refractivity contribution in [1.82, 2.24) is 15.2 Å². The van der Waals surface area contributed by atoms with E-state index in [2.05, 4.69) is 10.3 Å². The molecule has 4 rings (SSSR count). The Morgan fingerprint density at radius 1 is 1.21 bits per heavy atom. The predicted molar refractivity (Wildman–Crippen MR) is 106 cm³/mol. The second-order valence-corrected chi connectivity index (χ2v) is 7.07. The molecule has 2 aromatic rings. The lowest BCUT2D eigenvalue weighted by Gasteiger charge is -2.37. The number of aromatic nitrogens is 1. The Kier molecular flexibility index (Phi) is 6.44. The molecular formula is C20H21ClF2N4O2. The van der Waals surface area contributed by atoms with Gasteiger partial charge in [-0.25, -0.2) is 8.78 Å². The number of pyridine rings is 1. The number of hydrogen-bond donors (Lipinski definition) is 1. The third-order valence-corrected chi connectivity index (χ3v) is 5.23. The molecule has 1 aromatic carbocycles. The van der Waals surface area contributed by atoms with Gasteiger partial charge < -0.3 is 15.1 Å². The number of rotatable bonds is 3. The Hall–Kier alpha value is -2.58. The summed E-state index contributed by atoms with van der Waals surface area (Å²) in [7, 11) is 0. The van der Waals surface area contributed by atoms with Crippen LogP contribution in [0.25, 0.3) is 0 Å². The highest BCUT2D eigenvalue weighted by Crippen LogP contribution is 2.30. The molecule has 0 saturated carbocycles. The van der Waals surface area contributed by atoms with Crippen LogP contribution in [-0.4, -0.2) is 47.9 Å². The monoisotopic (exact) mass is 422 g/mol. The zero-order valence-corrected chi connectivity index (χ0v) is 16.4. The maximum absolute atomic E-state index is 13.5. The van der Waals surface area contributed by atoms with Crippen LogP contribution in [0.15, 0.2) is 42.7 Å². The number of carbonyl (C=O) groups is 2. The Balaban J connectivity index is 0.00000240. The van der Waals surface area contributed by atoms with Crippen LogP contribution < -0.4 is 10.2 Å². The van der Waals surface area contributed by atoms with E-state index in [1.54, 1.807) is 17.3 Å². The Morgan fingerprint density at radius 2 is 1.97 bits per heavy atom. The van der Waals surface area contributed by atoms with Crippen molar-refractivity contribution in [3.05, 3.63) is 59.9 Å². The molecule has 0 bridgehead atoms. The number of nitrogens with zero attached hydrogens (tertiary/aromatic N) is 3. The number of benzene rings is 1. The average molecular weight is 423 g/mol. The molecule has 3 heterocycles. The Bertz CT molecular complexity index is 879. The van der Waals surface area contributed by atoms with E-state index >= 15 is 0 Å². The van der Waals surface area contributed by atoms with E-state index in [0.717, 1.165) is 23.8 Å². The molecular weight excluding hydrogens is 402 g/mol. The van der Waals surface area contributed by atoms with Gasteiger partial charge in [0.05, 0.1) is 12.0 Å². The first-order valence-electron chi connectivity index (χ1n) is 9.20. The molecule has 29 heavy (non-hydrogen) atoms. The topological polar surface area (TPSA) is 65.5 Å². The lowest BCUT2D eigenvalue weighted by molar-refractivity contribution is -0.139. The van der Waals surface area contributed by atoms with Crippen molar-refractivity contribution in [2.75, 3.05) is 31.1 Å². The Labute approximate surface area is 173 Å². The lowest BCUT2D eigenvalue weighted by atomic mass is 10.0. The normalized spacial score (nSPS) is 21.8. The Morgan fingerprint density at radius 3 is 2.66 bits per heavy atom. The largest absolute Gasteiger partial charge is 0.333 e. The smallest absolute Gasteiger partial charge is 0.228 e. The maximum atomic E-state index is 13.5. The van der Waals surface area contributed by atoms with Crippen LogP contribution >= 0.6 is 12.4 Å². The fourth-order valence-corrected chi connectivity index (χ4v) is 3.89. The van der Waals surface area contributed by atoms with Crippen LogP contribution in [0.2, 0.25) is 0 Å². The highest BCUT2D eigenvalue weighted by Gasteiger charge is 2.40. The fourth-order valence-electron chi connectivity index (χ4n) is 3.89. The van der Waals surface area contributed by atoms with E-state index in [1.807, 2.05) is 12.1 Å². The standard InChI is InChI=1S/C20H20F2N4O2.ClH/c21-15-7-16(22)9-17(8-15)26-12-14(6-19(26)27)20(28)25-5-4-24-11-18(25)13-2-1-3-23-10-13;/h1-3,7-10,14,18,24H,4-6,11-12H2;1H. The van der Waals surface area contributed by atoms with Crippen LogP contribution in [0.3, 0.4) is 0 Å². The number of halogens is 3. The first kappa shape index (κ1) is 21.1. The van der Waals surface area contributed by atoms with Crippen LogP contribution in [0.1, 0.15) is 18.0 Å². The van der Waals surface area contributed by atoms with Crippen LogP contribution in [0.4, 0.5) is 14.5 Å². The first-order valence-corrected chi connectivity index (χ1v) is 9.20. The average Bonchev–Trinajstić information content (AvgIpc) is 3.09. The van der Waals surface area contributed by atoms with Gasteiger partial charge in [-0.3, -0.25) is 14.6 Å². The first-order chi connectivity index (χ1) is 13.5. The minimum Gasteiger partial charge on any atom is -0.333 e. The van der Waals surface area contributed by atoms with Gasteiger partial charge in [-0.1, -0.05) is 6.07 Å². The quantitative estimate of drug-likeness (QED) is 0.824. The zero-order chi connectivity index (χ0) is 19.7. The SMILES string of the molecule is Cl.O=C1CC(C(=O)N2CCNCC2c2cccnc2)CN1c1cc(F)cc(F)c1. The number of carbonyl (C=O) groups excluding carboxylic acids is 2. The van der Waals surface area contributed by atoms with E-state index in [-0.39, 0.29) is 48.9 Å². The molecule has 0 aliphatic carbocycles. The molecule has 0 spiro atoms. The van der Waals surface area contributed by atoms with Crippen molar-refractivity contribution in [3.63, 3.8) is 0 Å². The summed E-state index contributed by atoms with van der Waals surface area (Å²) in [5, 5.41) is 3.28. The van der Waals surface area contributed by atoms with E-state index in [1.165, 1.54) is 4.90 Å². The van der Waals surface area contributed by atoms with Crippen molar-refractivity contribution in [1.29, 1.82) is 0 Å². The predicted octanol–water partition coefficient (Wildman–Crippen LogP) is 2.31. The molecule has 2 atom stereocenters. The van der Waals surface area contributed by atoms with Gasteiger partial charge >= 0.3 is 0 Å². The van der Waals surface area contributed by atoms with Gasteiger partial charge in [-0.2, -0.15) is 0 Å². The summed E-state index contributed by atoms with van der Waals surface area (Å²) in [5.74, 6) is -2.48. The number of piperazine rings is 1. The number of nitrogens with one attached hydrogen (secondary N) is 1. The molecule has 154 valence electrons. The summed E-state index contributed by atoms with van der Waals surface area (Å²) in [5.41, 5.74) is 1.07. The van der Waals surface area contributed by atoms with Gasteiger partial charge in [0, 0.05) is 56.7 Å². The summed E-state index contributed by atoms with van der Waals surface area (Å²) in [4.78, 5) is 32.8. The second kappa shape index (κ2) is 8.84. The van der Waals surface area contributed by atoms with Crippen molar-refractivity contribution in [3.8, 4) is 0 Å². The van der Waals surface area contributed by atoms with Gasteiger partial charge in [-0.05, 0) is 23.8 Å². The molecule has 9 heteroatoms. The molecule has 1 N–H and O–H groups in total. The molecule has 2 unspecified atom stereocenters. The number of anilines is 1. The molecule has 2 aliphatic rings. The van der Waals surface area contributed by atoms with Crippen molar-refractivity contribution in [2.24, 2.45) is 5.92 Å². The van der Waals surface area contributed by atoms with E-state index in [0.29, 0.717) is 19.6 Å². The van der Waals surface area contributed by atoms with Gasteiger partial charge in [0.25, 0.3) is 0 Å². The van der Waals surface area contributed by atoms with Crippen molar-refractivity contribution < 1.29 is 18.4 Å². The summed E-state index contributed by atoms with van der Waals surface area (Å²) in [6.07, 6.45) is 3.44. The van der Waals surface area contributed by atoms with E-state index in [9.17, 15) is 18.4 Å². The molecule has 1 aromatic heterocycles. The molecule has 2 fully saturated rings. The highest BCUT2D eigenvalue weighted by atomic mass is 35.5. The van der Waals surface area contributed by atoms with Gasteiger partial charge in [0.1, 0.15) is 11.6 Å². The third kappa shape index (κ3) is 4.38. The summed E-state index contributed by atoms with van der Waals surface area (Å²) < 4.78 is 27.1. The maximum Gasteiger partial charge on any atom is 0.228 e. The van der Waals surface area contributed by atoms with E-state index in [4.69, 9.17) is 0 Å². The van der Waals surface area contributed by atoms with Crippen LogP contribution in [-0.2, 0) is 9.59 Å². The van der Waals surface area contributed by atoms with Gasteiger partial charge in [0.15, 0.2) is 0 Å². The molecule has 0 radical (unpaired) electrons. The van der Waals surface area contributed by atoms with Crippen molar-refractivity contribution in [2.45, 2.75) is 12.5 Å². The molecule has 6 nitrogen and oxygen atoms in total. The number of amides is 2. The van der Waals surface area contributed by atoms with Crippen LogP contribution in [0.5, 0.6) is 0 Å². The molecule has 2 aliphatic heterocycles. The summed E-state index contributed by atoms with van der Waals surface area (Å²) in [6.45, 7) is 1.92. The minimum absolute atomic E-state index is 0. The molecule has 2 saturated heterocycles. The van der Waals surface area contributed by atoms with Gasteiger partial charge in [-0.15, -0.1) is 12.4 Å². The fraction of sp³-hybridized carbons (Fsp3) is 0.350. The zero-order valence-electron chi connectivity index (χ0n) is 15.6. The minimum atomic E-state index is -0.753. The number of hydrogen-bond acceptors (Lipinski definition) is 4. The van der Waals surface area contributed by atoms with Crippen LogP contribution in [0, 0.1) is 17.6 Å². The summed E-state index contributed by atoms with van der Waals surface area (Å²) in [6, 6.07) is 6.56.